The highest BCUT2D eigenvalue weighted by atomic mass is 32.2. The average molecular weight is 393 g/mol. The van der Waals surface area contributed by atoms with Gasteiger partial charge in [0.2, 0.25) is 5.13 Å². The molecule has 1 fully saturated rings. The summed E-state index contributed by atoms with van der Waals surface area (Å²) in [5, 5.41) is 12.0. The number of aryl methyl sites for hydroxylation is 1. The van der Waals surface area contributed by atoms with Gasteiger partial charge in [0.15, 0.2) is 10.1 Å². The number of carbonyl (C=O) groups is 1. The van der Waals surface area contributed by atoms with Gasteiger partial charge in [-0.15, -0.1) is 16.8 Å². The molecule has 0 amide bonds. The number of hydrogen-bond donors (Lipinski definition) is 1. The Balaban J connectivity index is 1.60. The first-order chi connectivity index (χ1) is 12.6. The minimum absolute atomic E-state index is 0.123. The molecule has 0 aliphatic carbocycles. The highest BCUT2D eigenvalue weighted by Crippen LogP contribution is 2.27. The fraction of sp³-hybridized carbons (Fsp3) is 0.500. The Kier molecular flexibility index (Phi) is 6.50. The van der Waals surface area contributed by atoms with E-state index in [2.05, 4.69) is 26.7 Å². The molecule has 3 rings (SSSR count). The summed E-state index contributed by atoms with van der Waals surface area (Å²) in [6.45, 7) is 10.0. The second kappa shape index (κ2) is 8.83. The van der Waals surface area contributed by atoms with Crippen molar-refractivity contribution in [1.82, 2.24) is 14.8 Å². The first kappa shape index (κ1) is 19.1. The van der Waals surface area contributed by atoms with E-state index in [0.717, 1.165) is 52.4 Å². The maximum atomic E-state index is 12.7. The van der Waals surface area contributed by atoms with Crippen molar-refractivity contribution in [2.24, 2.45) is 0 Å². The predicted molar refractivity (Wildman–Crippen MR) is 107 cm³/mol. The summed E-state index contributed by atoms with van der Waals surface area (Å²) in [4.78, 5) is 12.7. The lowest BCUT2D eigenvalue weighted by Gasteiger charge is -2.14. The van der Waals surface area contributed by atoms with Crippen LogP contribution in [0.5, 0.6) is 0 Å². The quantitative estimate of drug-likeness (QED) is 0.399. The fourth-order valence-corrected chi connectivity index (χ4v) is 4.70. The molecule has 0 spiro atoms. The molecular formula is C18H24N4O2S2. The van der Waals surface area contributed by atoms with Crippen molar-refractivity contribution in [2.45, 2.75) is 43.7 Å². The van der Waals surface area contributed by atoms with Gasteiger partial charge in [0, 0.05) is 36.6 Å². The van der Waals surface area contributed by atoms with E-state index in [9.17, 15) is 4.79 Å². The van der Waals surface area contributed by atoms with Crippen LogP contribution in [0.15, 0.2) is 23.1 Å². The van der Waals surface area contributed by atoms with Gasteiger partial charge in [-0.3, -0.25) is 4.79 Å². The lowest BCUT2D eigenvalue weighted by Crippen LogP contribution is -2.17. The first-order valence-electron chi connectivity index (χ1n) is 8.71. The number of thioether (sulfide) groups is 1. The molecule has 3 heterocycles. The van der Waals surface area contributed by atoms with Crippen molar-refractivity contribution in [3.63, 3.8) is 0 Å². The molecule has 0 saturated carbocycles. The summed E-state index contributed by atoms with van der Waals surface area (Å²) < 4.78 is 8.73. The third-order valence-corrected chi connectivity index (χ3v) is 6.43. The van der Waals surface area contributed by atoms with Gasteiger partial charge >= 0.3 is 0 Å². The maximum Gasteiger partial charge on any atom is 0.206 e. The molecule has 1 unspecified atom stereocenters. The van der Waals surface area contributed by atoms with E-state index in [1.54, 1.807) is 6.08 Å². The van der Waals surface area contributed by atoms with Gasteiger partial charge in [0.25, 0.3) is 0 Å². The zero-order valence-corrected chi connectivity index (χ0v) is 16.8. The summed E-state index contributed by atoms with van der Waals surface area (Å²) in [7, 11) is 0. The SMILES string of the molecule is C=CCNc1nnc(SCC(=O)c2cc(C)n(CC3CCCO3)c2C)s1. The van der Waals surface area contributed by atoms with Gasteiger partial charge in [0.1, 0.15) is 0 Å². The third-order valence-electron chi connectivity index (χ3n) is 4.42. The standard InChI is InChI=1S/C18H24N4O2S2/c1-4-7-19-17-20-21-18(26-17)25-11-16(23)15-9-12(2)22(13(15)3)10-14-6-5-8-24-14/h4,9,14H,1,5-8,10-11H2,2-3H3,(H,19,20). The van der Waals surface area contributed by atoms with Crippen LogP contribution in [0, 0.1) is 13.8 Å². The zero-order chi connectivity index (χ0) is 18.5. The number of ether oxygens (including phenoxy) is 1. The van der Waals surface area contributed by atoms with Gasteiger partial charge in [-0.1, -0.05) is 29.2 Å². The predicted octanol–water partition coefficient (Wildman–Crippen LogP) is 3.71. The van der Waals surface area contributed by atoms with E-state index in [0.29, 0.717) is 12.3 Å². The summed E-state index contributed by atoms with van der Waals surface area (Å²) in [6, 6.07) is 1.99. The fourth-order valence-electron chi connectivity index (χ4n) is 3.06. The number of rotatable bonds is 9. The van der Waals surface area contributed by atoms with Gasteiger partial charge < -0.3 is 14.6 Å². The Morgan fingerprint density at radius 2 is 2.38 bits per heavy atom. The number of aromatic nitrogens is 3. The number of nitrogens with one attached hydrogen (secondary N) is 1. The summed E-state index contributed by atoms with van der Waals surface area (Å²) in [5.41, 5.74) is 2.93. The molecule has 8 heteroatoms. The number of hydrogen-bond acceptors (Lipinski definition) is 7. The minimum Gasteiger partial charge on any atom is -0.376 e. The van der Waals surface area contributed by atoms with E-state index in [4.69, 9.17) is 4.74 Å². The number of carbonyl (C=O) groups excluding carboxylic acids is 1. The van der Waals surface area contributed by atoms with E-state index in [-0.39, 0.29) is 11.9 Å². The molecule has 0 radical (unpaired) electrons. The summed E-state index contributed by atoms with van der Waals surface area (Å²) in [6.07, 6.45) is 4.25. The Bertz CT molecular complexity index is 778. The lowest BCUT2D eigenvalue weighted by molar-refractivity contribution is 0.0957. The molecule has 1 N–H and O–H groups in total. The van der Waals surface area contributed by atoms with Crippen LogP contribution in [0.4, 0.5) is 5.13 Å². The monoisotopic (exact) mass is 392 g/mol. The molecule has 1 saturated heterocycles. The van der Waals surface area contributed by atoms with E-state index >= 15 is 0 Å². The Morgan fingerprint density at radius 3 is 3.12 bits per heavy atom. The zero-order valence-electron chi connectivity index (χ0n) is 15.2. The topological polar surface area (TPSA) is 69.0 Å². The normalized spacial score (nSPS) is 16.8. The van der Waals surface area contributed by atoms with Crippen LogP contribution in [0.2, 0.25) is 0 Å². The molecule has 140 valence electrons. The maximum absolute atomic E-state index is 12.7. The third kappa shape index (κ3) is 4.55. The number of nitrogens with zero attached hydrogens (tertiary/aromatic N) is 3. The van der Waals surface area contributed by atoms with Crippen LogP contribution in [0.1, 0.15) is 34.6 Å². The molecular weight excluding hydrogens is 368 g/mol. The Labute approximate surface area is 162 Å². The largest absolute Gasteiger partial charge is 0.376 e. The molecule has 0 aromatic carbocycles. The van der Waals surface area contributed by atoms with Crippen molar-refractivity contribution in [2.75, 3.05) is 24.2 Å². The number of anilines is 1. The molecule has 0 bridgehead atoms. The number of Topliss-reactive ketones (excluding diaryl/α,β-unsaturated/α-hetero) is 1. The summed E-state index contributed by atoms with van der Waals surface area (Å²) in [5.74, 6) is 0.484. The molecule has 26 heavy (non-hydrogen) atoms. The van der Waals surface area contributed by atoms with Crippen molar-refractivity contribution >= 4 is 34.0 Å². The first-order valence-corrected chi connectivity index (χ1v) is 10.5. The van der Waals surface area contributed by atoms with Gasteiger partial charge in [0.05, 0.1) is 11.9 Å². The smallest absolute Gasteiger partial charge is 0.206 e. The second-order valence-corrected chi connectivity index (χ2v) is 8.48. The Hall–Kier alpha value is -1.64. The van der Waals surface area contributed by atoms with E-state index in [1.807, 2.05) is 19.9 Å². The average Bonchev–Trinajstić information content (AvgIpc) is 3.36. The van der Waals surface area contributed by atoms with Crippen molar-refractivity contribution in [3.05, 3.63) is 35.7 Å². The Morgan fingerprint density at radius 1 is 1.54 bits per heavy atom. The van der Waals surface area contributed by atoms with E-state index < -0.39 is 0 Å². The van der Waals surface area contributed by atoms with Crippen LogP contribution in [-0.4, -0.2) is 45.6 Å². The van der Waals surface area contributed by atoms with Crippen LogP contribution >= 0.6 is 23.1 Å². The summed E-state index contributed by atoms with van der Waals surface area (Å²) >= 11 is 2.88. The van der Waals surface area contributed by atoms with E-state index in [1.165, 1.54) is 23.1 Å². The van der Waals surface area contributed by atoms with Crippen molar-refractivity contribution < 1.29 is 9.53 Å². The van der Waals surface area contributed by atoms with Gasteiger partial charge in [-0.2, -0.15) is 0 Å². The van der Waals surface area contributed by atoms with Crippen LogP contribution in [0.3, 0.4) is 0 Å². The highest BCUT2D eigenvalue weighted by molar-refractivity contribution is 8.01. The van der Waals surface area contributed by atoms with Gasteiger partial charge in [-0.05, 0) is 32.8 Å². The van der Waals surface area contributed by atoms with Crippen molar-refractivity contribution in [3.8, 4) is 0 Å². The second-order valence-electron chi connectivity index (χ2n) is 6.28. The highest BCUT2D eigenvalue weighted by Gasteiger charge is 2.21. The van der Waals surface area contributed by atoms with Crippen LogP contribution in [0.25, 0.3) is 0 Å². The lowest BCUT2D eigenvalue weighted by atomic mass is 10.2. The molecule has 1 aliphatic heterocycles. The molecule has 2 aromatic heterocycles. The van der Waals surface area contributed by atoms with Crippen molar-refractivity contribution in [1.29, 1.82) is 0 Å². The number of ketones is 1. The van der Waals surface area contributed by atoms with Crippen LogP contribution < -0.4 is 5.32 Å². The van der Waals surface area contributed by atoms with Crippen LogP contribution in [-0.2, 0) is 11.3 Å². The van der Waals surface area contributed by atoms with Gasteiger partial charge in [-0.25, -0.2) is 0 Å². The molecule has 1 aliphatic rings. The molecule has 1 atom stereocenters. The molecule has 6 nitrogen and oxygen atoms in total. The molecule has 2 aromatic rings. The minimum atomic E-state index is 0.123.